The lowest BCUT2D eigenvalue weighted by molar-refractivity contribution is 0.415. The molecule has 0 amide bonds. The zero-order valence-corrected chi connectivity index (χ0v) is 9.34. The van der Waals surface area contributed by atoms with Gasteiger partial charge in [0, 0.05) is 11.1 Å². The Morgan fingerprint density at radius 3 is 2.53 bits per heavy atom. The fraction of sp³-hybridized carbons (Fsp3) is 0.0769. The van der Waals surface area contributed by atoms with Gasteiger partial charge in [-0.15, -0.1) is 0 Å². The lowest BCUT2D eigenvalue weighted by Crippen LogP contribution is -1.82. The molecule has 0 aliphatic rings. The normalized spacial score (nSPS) is 10.6. The van der Waals surface area contributed by atoms with E-state index in [0.29, 0.717) is 0 Å². The first-order valence-corrected chi connectivity index (χ1v) is 5.30. The molecule has 0 spiro atoms. The number of aromatic amines is 1. The molecule has 0 aliphatic heterocycles. The molecule has 2 heterocycles. The Labute approximate surface area is 98.3 Å². The van der Waals surface area contributed by atoms with Crippen molar-refractivity contribution in [3.63, 3.8) is 0 Å². The Hall–Kier alpha value is -2.36. The summed E-state index contributed by atoms with van der Waals surface area (Å²) >= 11 is 0. The van der Waals surface area contributed by atoms with Crippen LogP contribution in [0.15, 0.2) is 42.7 Å². The van der Waals surface area contributed by atoms with Crippen LogP contribution >= 0.6 is 0 Å². The third-order valence-corrected chi connectivity index (χ3v) is 2.73. The molecule has 0 radical (unpaired) electrons. The minimum atomic E-state index is 0.855. The van der Waals surface area contributed by atoms with Gasteiger partial charge < -0.3 is 9.72 Å². The average Bonchev–Trinajstić information content (AvgIpc) is 2.82. The number of hydrogen-bond acceptors (Lipinski definition) is 3. The van der Waals surface area contributed by atoms with Gasteiger partial charge in [-0.25, -0.2) is 0 Å². The Kier molecular flexibility index (Phi) is 2.26. The molecule has 84 valence electrons. The maximum atomic E-state index is 5.13. The van der Waals surface area contributed by atoms with Crippen molar-refractivity contribution in [2.75, 3.05) is 7.11 Å². The summed E-state index contributed by atoms with van der Waals surface area (Å²) in [7, 11) is 1.66. The van der Waals surface area contributed by atoms with Gasteiger partial charge in [0.15, 0.2) is 0 Å². The molecule has 2 aromatic heterocycles. The van der Waals surface area contributed by atoms with Crippen LogP contribution in [0.25, 0.3) is 22.2 Å². The van der Waals surface area contributed by atoms with E-state index in [2.05, 4.69) is 21.2 Å². The largest absolute Gasteiger partial charge is 0.497 e. The number of benzene rings is 1. The number of aromatic nitrogens is 3. The van der Waals surface area contributed by atoms with Crippen molar-refractivity contribution in [3.8, 4) is 17.0 Å². The van der Waals surface area contributed by atoms with E-state index in [1.54, 1.807) is 19.5 Å². The zero-order chi connectivity index (χ0) is 11.7. The SMILES string of the molecule is COc1ccc(-c2cc3cnncc3[nH]2)cc1. The molecule has 0 atom stereocenters. The van der Waals surface area contributed by atoms with Gasteiger partial charge in [-0.3, -0.25) is 0 Å². The Morgan fingerprint density at radius 1 is 1.06 bits per heavy atom. The van der Waals surface area contributed by atoms with E-state index in [9.17, 15) is 0 Å². The van der Waals surface area contributed by atoms with E-state index >= 15 is 0 Å². The topological polar surface area (TPSA) is 50.8 Å². The maximum absolute atomic E-state index is 5.13. The van der Waals surface area contributed by atoms with E-state index in [4.69, 9.17) is 4.74 Å². The summed E-state index contributed by atoms with van der Waals surface area (Å²) in [6.07, 6.45) is 3.47. The van der Waals surface area contributed by atoms with Crippen LogP contribution in [-0.2, 0) is 0 Å². The van der Waals surface area contributed by atoms with Crippen molar-refractivity contribution in [2.24, 2.45) is 0 Å². The highest BCUT2D eigenvalue weighted by atomic mass is 16.5. The number of H-pyrrole nitrogens is 1. The minimum absolute atomic E-state index is 0.855. The van der Waals surface area contributed by atoms with E-state index in [1.165, 1.54) is 0 Å². The second-order valence-corrected chi connectivity index (χ2v) is 3.77. The number of nitrogens with one attached hydrogen (secondary N) is 1. The summed E-state index contributed by atoms with van der Waals surface area (Å²) < 4.78 is 5.13. The van der Waals surface area contributed by atoms with Gasteiger partial charge in [0.05, 0.1) is 25.0 Å². The highest BCUT2D eigenvalue weighted by molar-refractivity contribution is 5.84. The monoisotopic (exact) mass is 225 g/mol. The van der Waals surface area contributed by atoms with Crippen LogP contribution in [0.2, 0.25) is 0 Å². The van der Waals surface area contributed by atoms with Crippen molar-refractivity contribution < 1.29 is 4.74 Å². The average molecular weight is 225 g/mol. The van der Waals surface area contributed by atoms with Crippen LogP contribution in [0.3, 0.4) is 0 Å². The van der Waals surface area contributed by atoms with Crippen LogP contribution in [0.5, 0.6) is 5.75 Å². The number of hydrogen-bond donors (Lipinski definition) is 1. The van der Waals surface area contributed by atoms with Crippen LogP contribution in [0, 0.1) is 0 Å². The summed E-state index contributed by atoms with van der Waals surface area (Å²) in [5.41, 5.74) is 3.16. The van der Waals surface area contributed by atoms with Crippen LogP contribution in [0.4, 0.5) is 0 Å². The molecule has 4 heteroatoms. The number of nitrogens with zero attached hydrogens (tertiary/aromatic N) is 2. The molecule has 0 saturated carbocycles. The molecule has 1 aromatic carbocycles. The van der Waals surface area contributed by atoms with E-state index in [1.807, 2.05) is 24.3 Å². The van der Waals surface area contributed by atoms with E-state index in [-0.39, 0.29) is 0 Å². The fourth-order valence-corrected chi connectivity index (χ4v) is 1.81. The lowest BCUT2D eigenvalue weighted by atomic mass is 10.1. The molecule has 0 saturated heterocycles. The highest BCUT2D eigenvalue weighted by Crippen LogP contribution is 2.24. The third-order valence-electron chi connectivity index (χ3n) is 2.73. The van der Waals surface area contributed by atoms with Gasteiger partial charge in [0.25, 0.3) is 0 Å². The number of rotatable bonds is 2. The molecule has 0 unspecified atom stereocenters. The quantitative estimate of drug-likeness (QED) is 0.729. The van der Waals surface area contributed by atoms with Crippen molar-refractivity contribution in [1.82, 2.24) is 15.2 Å². The Bertz CT molecular complexity index is 610. The third kappa shape index (κ3) is 1.73. The summed E-state index contributed by atoms with van der Waals surface area (Å²) in [6.45, 7) is 0. The summed E-state index contributed by atoms with van der Waals surface area (Å²) in [5.74, 6) is 0.855. The van der Waals surface area contributed by atoms with Crippen LogP contribution in [0.1, 0.15) is 0 Å². The standard InChI is InChI=1S/C13H11N3O/c1-17-11-4-2-9(3-5-11)12-6-10-7-14-15-8-13(10)16-12/h2-8,16H,1H3. The first-order valence-electron chi connectivity index (χ1n) is 5.30. The molecule has 17 heavy (non-hydrogen) atoms. The predicted octanol–water partition coefficient (Wildman–Crippen LogP) is 2.63. The van der Waals surface area contributed by atoms with E-state index < -0.39 is 0 Å². The molecule has 0 fully saturated rings. The first-order chi connectivity index (χ1) is 8.36. The van der Waals surface area contributed by atoms with Crippen molar-refractivity contribution >= 4 is 10.9 Å². The molecular formula is C13H11N3O. The minimum Gasteiger partial charge on any atom is -0.497 e. The van der Waals surface area contributed by atoms with Crippen LogP contribution in [-0.4, -0.2) is 22.3 Å². The molecule has 0 aliphatic carbocycles. The maximum Gasteiger partial charge on any atom is 0.118 e. The zero-order valence-electron chi connectivity index (χ0n) is 9.34. The van der Waals surface area contributed by atoms with Crippen LogP contribution < -0.4 is 4.74 Å². The Balaban J connectivity index is 2.07. The highest BCUT2D eigenvalue weighted by Gasteiger charge is 2.03. The predicted molar refractivity (Wildman–Crippen MR) is 65.9 cm³/mol. The van der Waals surface area contributed by atoms with Gasteiger partial charge in [0.2, 0.25) is 0 Å². The fourth-order valence-electron chi connectivity index (χ4n) is 1.81. The van der Waals surface area contributed by atoms with Gasteiger partial charge >= 0.3 is 0 Å². The van der Waals surface area contributed by atoms with Crippen molar-refractivity contribution in [2.45, 2.75) is 0 Å². The summed E-state index contributed by atoms with van der Waals surface area (Å²) in [6, 6.07) is 9.98. The molecule has 0 bridgehead atoms. The number of fused-ring (bicyclic) bond motifs is 1. The number of ether oxygens (including phenoxy) is 1. The smallest absolute Gasteiger partial charge is 0.118 e. The molecule has 4 nitrogen and oxygen atoms in total. The molecule has 1 N–H and O–H groups in total. The Morgan fingerprint density at radius 2 is 1.82 bits per heavy atom. The summed E-state index contributed by atoms with van der Waals surface area (Å²) in [4.78, 5) is 3.31. The molecule has 3 aromatic rings. The molecule has 3 rings (SSSR count). The van der Waals surface area contributed by atoms with Gasteiger partial charge in [-0.05, 0) is 35.9 Å². The molecular weight excluding hydrogens is 214 g/mol. The van der Waals surface area contributed by atoms with Crippen molar-refractivity contribution in [3.05, 3.63) is 42.7 Å². The van der Waals surface area contributed by atoms with Crippen molar-refractivity contribution in [1.29, 1.82) is 0 Å². The first kappa shape index (κ1) is 9.84. The number of methoxy groups -OCH3 is 1. The second-order valence-electron chi connectivity index (χ2n) is 3.77. The van der Waals surface area contributed by atoms with Gasteiger partial charge in [0.1, 0.15) is 5.75 Å². The summed E-state index contributed by atoms with van der Waals surface area (Å²) in [5, 5.41) is 8.76. The second kappa shape index (κ2) is 3.90. The van der Waals surface area contributed by atoms with Gasteiger partial charge in [-0.2, -0.15) is 10.2 Å². The van der Waals surface area contributed by atoms with E-state index in [0.717, 1.165) is 27.9 Å². The van der Waals surface area contributed by atoms with Gasteiger partial charge in [-0.1, -0.05) is 0 Å². The lowest BCUT2D eigenvalue weighted by Gasteiger charge is -2.00.